The maximum atomic E-state index is 12.3. The van der Waals surface area contributed by atoms with Crippen molar-refractivity contribution < 1.29 is 14.6 Å². The highest BCUT2D eigenvalue weighted by Crippen LogP contribution is 2.18. The van der Waals surface area contributed by atoms with Crippen LogP contribution in [-0.4, -0.2) is 33.7 Å². The van der Waals surface area contributed by atoms with Gasteiger partial charge < -0.3 is 19.7 Å². The minimum absolute atomic E-state index is 0.0680. The molecule has 6 heteroatoms. The number of imidazole rings is 1. The molecule has 0 aliphatic rings. The first kappa shape index (κ1) is 16.8. The summed E-state index contributed by atoms with van der Waals surface area (Å²) in [5.41, 5.74) is 1.28. The number of aromatic nitrogens is 2. The second kappa shape index (κ2) is 7.60. The highest BCUT2D eigenvalue weighted by atomic mass is 16.5. The molecule has 1 aromatic carbocycles. The predicted octanol–water partition coefficient (Wildman–Crippen LogP) is 1.84. The Balaban J connectivity index is 2.00. The van der Waals surface area contributed by atoms with Crippen LogP contribution in [0.1, 0.15) is 29.2 Å². The molecule has 6 nitrogen and oxygen atoms in total. The SMILES string of the molecule is C=C(C)COc1ccccc1C(=O)NC[C@H](O)c1nccn1C. The maximum absolute atomic E-state index is 12.3. The van der Waals surface area contributed by atoms with Crippen LogP contribution < -0.4 is 10.1 Å². The molecule has 0 spiro atoms. The number of benzene rings is 1. The number of amides is 1. The largest absolute Gasteiger partial charge is 0.488 e. The molecule has 1 amide bonds. The van der Waals surface area contributed by atoms with Gasteiger partial charge in [-0.3, -0.25) is 4.79 Å². The van der Waals surface area contributed by atoms with Crippen LogP contribution in [0.4, 0.5) is 0 Å². The second-order valence-electron chi connectivity index (χ2n) is 5.36. The number of aliphatic hydroxyl groups excluding tert-OH is 1. The van der Waals surface area contributed by atoms with E-state index in [-0.39, 0.29) is 12.5 Å². The fourth-order valence-electron chi connectivity index (χ4n) is 2.06. The minimum atomic E-state index is -0.873. The Hall–Kier alpha value is -2.60. The van der Waals surface area contributed by atoms with Crippen LogP contribution >= 0.6 is 0 Å². The number of aryl methyl sites for hydroxylation is 1. The van der Waals surface area contributed by atoms with Crippen molar-refractivity contribution in [2.45, 2.75) is 13.0 Å². The number of carbonyl (C=O) groups is 1. The van der Waals surface area contributed by atoms with Crippen molar-refractivity contribution in [1.82, 2.24) is 14.9 Å². The molecule has 0 fully saturated rings. The number of hydrogen-bond acceptors (Lipinski definition) is 4. The molecule has 2 N–H and O–H groups in total. The summed E-state index contributed by atoms with van der Waals surface area (Å²) in [6.45, 7) is 6.04. The molecule has 1 atom stereocenters. The molecule has 0 radical (unpaired) electrons. The van der Waals surface area contributed by atoms with Crippen LogP contribution in [-0.2, 0) is 7.05 Å². The first-order chi connectivity index (χ1) is 11.0. The smallest absolute Gasteiger partial charge is 0.255 e. The van der Waals surface area contributed by atoms with Gasteiger partial charge in [-0.05, 0) is 24.6 Å². The third-order valence-electron chi connectivity index (χ3n) is 3.22. The predicted molar refractivity (Wildman–Crippen MR) is 87.3 cm³/mol. The van der Waals surface area contributed by atoms with E-state index in [0.717, 1.165) is 5.57 Å². The number of nitrogens with one attached hydrogen (secondary N) is 1. The van der Waals surface area contributed by atoms with E-state index in [1.54, 1.807) is 48.3 Å². The first-order valence-corrected chi connectivity index (χ1v) is 7.28. The molecule has 0 aliphatic heterocycles. The number of aliphatic hydroxyl groups is 1. The third kappa shape index (κ3) is 4.43. The molecule has 1 heterocycles. The van der Waals surface area contributed by atoms with Gasteiger partial charge in [0.2, 0.25) is 0 Å². The lowest BCUT2D eigenvalue weighted by atomic mass is 10.2. The van der Waals surface area contributed by atoms with E-state index in [9.17, 15) is 9.90 Å². The zero-order valence-corrected chi connectivity index (χ0v) is 13.3. The van der Waals surface area contributed by atoms with Gasteiger partial charge in [0.15, 0.2) is 0 Å². The lowest BCUT2D eigenvalue weighted by molar-refractivity contribution is 0.0906. The van der Waals surface area contributed by atoms with Gasteiger partial charge in [-0.15, -0.1) is 0 Å². The van der Waals surface area contributed by atoms with Gasteiger partial charge in [0, 0.05) is 19.4 Å². The van der Waals surface area contributed by atoms with Crippen molar-refractivity contribution in [2.75, 3.05) is 13.2 Å². The first-order valence-electron chi connectivity index (χ1n) is 7.28. The van der Waals surface area contributed by atoms with E-state index in [1.165, 1.54) is 0 Å². The second-order valence-corrected chi connectivity index (χ2v) is 5.36. The fraction of sp³-hybridized carbons (Fsp3) is 0.294. The molecule has 23 heavy (non-hydrogen) atoms. The maximum Gasteiger partial charge on any atom is 0.255 e. The summed E-state index contributed by atoms with van der Waals surface area (Å²) in [5, 5.41) is 12.8. The summed E-state index contributed by atoms with van der Waals surface area (Å²) in [4.78, 5) is 16.4. The summed E-state index contributed by atoms with van der Waals surface area (Å²) in [6, 6.07) is 6.97. The van der Waals surface area contributed by atoms with Crippen molar-refractivity contribution in [2.24, 2.45) is 7.05 Å². The van der Waals surface area contributed by atoms with Crippen molar-refractivity contribution in [3.05, 3.63) is 60.2 Å². The van der Waals surface area contributed by atoms with E-state index < -0.39 is 6.10 Å². The Morgan fingerprint density at radius 1 is 1.48 bits per heavy atom. The summed E-state index contributed by atoms with van der Waals surface area (Å²) >= 11 is 0. The molecular weight excluding hydrogens is 294 g/mol. The average Bonchev–Trinajstić information content (AvgIpc) is 2.96. The van der Waals surface area contributed by atoms with E-state index in [2.05, 4.69) is 16.9 Å². The van der Waals surface area contributed by atoms with E-state index in [4.69, 9.17) is 4.74 Å². The Morgan fingerprint density at radius 2 is 2.22 bits per heavy atom. The van der Waals surface area contributed by atoms with E-state index >= 15 is 0 Å². The molecule has 1 aromatic heterocycles. The lowest BCUT2D eigenvalue weighted by Crippen LogP contribution is -2.29. The molecule has 122 valence electrons. The quantitative estimate of drug-likeness (QED) is 0.764. The topological polar surface area (TPSA) is 76.4 Å². The minimum Gasteiger partial charge on any atom is -0.488 e. The summed E-state index contributed by atoms with van der Waals surface area (Å²) in [5.74, 6) is 0.673. The molecule has 0 saturated heterocycles. The van der Waals surface area contributed by atoms with E-state index in [0.29, 0.717) is 23.7 Å². The van der Waals surface area contributed by atoms with E-state index in [1.807, 2.05) is 6.92 Å². The average molecular weight is 315 g/mol. The third-order valence-corrected chi connectivity index (χ3v) is 3.22. The molecule has 0 aliphatic carbocycles. The molecule has 2 aromatic rings. The molecular formula is C17H21N3O3. The summed E-state index contributed by atoms with van der Waals surface area (Å²) in [6.07, 6.45) is 2.46. The monoisotopic (exact) mass is 315 g/mol. The van der Waals surface area contributed by atoms with Crippen LogP contribution in [0, 0.1) is 0 Å². The van der Waals surface area contributed by atoms with Gasteiger partial charge in [0.25, 0.3) is 5.91 Å². The Kier molecular flexibility index (Phi) is 5.54. The summed E-state index contributed by atoms with van der Waals surface area (Å²) in [7, 11) is 1.79. The Labute approximate surface area is 135 Å². The van der Waals surface area contributed by atoms with Crippen molar-refractivity contribution in [3.8, 4) is 5.75 Å². The number of nitrogens with zero attached hydrogens (tertiary/aromatic N) is 2. The van der Waals surface area contributed by atoms with Gasteiger partial charge in [-0.1, -0.05) is 18.7 Å². The normalized spacial score (nSPS) is 11.8. The molecule has 0 bridgehead atoms. The van der Waals surface area contributed by atoms with Gasteiger partial charge >= 0.3 is 0 Å². The van der Waals surface area contributed by atoms with Crippen molar-refractivity contribution in [3.63, 3.8) is 0 Å². The van der Waals surface area contributed by atoms with Gasteiger partial charge in [-0.2, -0.15) is 0 Å². The Morgan fingerprint density at radius 3 is 2.87 bits per heavy atom. The number of hydrogen-bond donors (Lipinski definition) is 2. The lowest BCUT2D eigenvalue weighted by Gasteiger charge is -2.14. The van der Waals surface area contributed by atoms with Crippen LogP contribution in [0.2, 0.25) is 0 Å². The number of rotatable bonds is 7. The molecule has 2 rings (SSSR count). The Bertz CT molecular complexity index is 694. The van der Waals surface area contributed by atoms with Gasteiger partial charge in [0.1, 0.15) is 24.3 Å². The number of para-hydroxylation sites is 1. The highest BCUT2D eigenvalue weighted by molar-refractivity contribution is 5.96. The van der Waals surface area contributed by atoms with Crippen LogP contribution in [0.5, 0.6) is 5.75 Å². The molecule has 0 unspecified atom stereocenters. The van der Waals surface area contributed by atoms with Crippen molar-refractivity contribution in [1.29, 1.82) is 0 Å². The highest BCUT2D eigenvalue weighted by Gasteiger charge is 2.16. The fourth-order valence-corrected chi connectivity index (χ4v) is 2.06. The van der Waals surface area contributed by atoms with Crippen molar-refractivity contribution >= 4 is 5.91 Å². The van der Waals surface area contributed by atoms with Gasteiger partial charge in [-0.25, -0.2) is 4.98 Å². The molecule has 0 saturated carbocycles. The number of ether oxygens (including phenoxy) is 1. The van der Waals surface area contributed by atoms with Gasteiger partial charge in [0.05, 0.1) is 12.1 Å². The zero-order chi connectivity index (χ0) is 16.8. The van der Waals surface area contributed by atoms with Crippen LogP contribution in [0.25, 0.3) is 0 Å². The van der Waals surface area contributed by atoms with Crippen LogP contribution in [0.15, 0.2) is 48.8 Å². The standard InChI is InChI=1S/C17H21N3O3/c1-12(2)11-23-15-7-5-4-6-13(15)17(22)19-10-14(21)16-18-8-9-20(16)3/h4-9,14,21H,1,10-11H2,2-3H3,(H,19,22)/t14-/m0/s1. The van der Waals surface area contributed by atoms with Crippen LogP contribution in [0.3, 0.4) is 0 Å². The summed E-state index contributed by atoms with van der Waals surface area (Å²) < 4.78 is 7.29. The number of carbonyl (C=O) groups excluding carboxylic acids is 1. The zero-order valence-electron chi connectivity index (χ0n) is 13.3.